The fraction of sp³-hybridized carbons (Fsp3) is 0.269. The lowest BCUT2D eigenvalue weighted by molar-refractivity contribution is 0.277. The maximum atomic E-state index is 12.1. The molecule has 0 radical (unpaired) electrons. The van der Waals surface area contributed by atoms with Gasteiger partial charge in [-0.25, -0.2) is 13.4 Å². The topological polar surface area (TPSA) is 83.1 Å². The number of H-pyrrole nitrogens is 1. The number of nitrogens with one attached hydrogen (secondary N) is 1. The van der Waals surface area contributed by atoms with E-state index in [0.717, 1.165) is 27.7 Å². The zero-order chi connectivity index (χ0) is 23.0. The first-order chi connectivity index (χ1) is 15.3. The molecule has 0 amide bonds. The Labute approximate surface area is 189 Å². The van der Waals surface area contributed by atoms with Gasteiger partial charge in [-0.15, -0.1) is 0 Å². The average Bonchev–Trinajstić information content (AvgIpc) is 3.19. The van der Waals surface area contributed by atoms with Crippen LogP contribution in [0.1, 0.15) is 40.9 Å². The van der Waals surface area contributed by atoms with Crippen molar-refractivity contribution in [3.05, 3.63) is 82.7 Å². The first kappa shape index (κ1) is 22.2. The molecule has 4 rings (SSSR count). The number of rotatable bonds is 6. The van der Waals surface area contributed by atoms with E-state index in [1.165, 1.54) is 16.7 Å². The number of nitrogens with zero attached hydrogens (tertiary/aromatic N) is 1. The molecule has 6 heteroatoms. The van der Waals surface area contributed by atoms with Crippen LogP contribution >= 0.6 is 0 Å². The summed E-state index contributed by atoms with van der Waals surface area (Å²) < 4.78 is 24.2. The van der Waals surface area contributed by atoms with Crippen LogP contribution in [0.25, 0.3) is 22.2 Å². The summed E-state index contributed by atoms with van der Waals surface area (Å²) in [6.45, 7) is 7.79. The molecule has 32 heavy (non-hydrogen) atoms. The molecule has 0 fully saturated rings. The summed E-state index contributed by atoms with van der Waals surface area (Å²) in [5, 5.41) is 10.1. The van der Waals surface area contributed by atoms with E-state index in [1.807, 2.05) is 12.1 Å². The normalized spacial score (nSPS) is 12.9. The van der Waals surface area contributed by atoms with Gasteiger partial charge in [0.25, 0.3) is 0 Å². The second kappa shape index (κ2) is 8.52. The molecule has 0 saturated heterocycles. The van der Waals surface area contributed by atoms with Gasteiger partial charge in [-0.1, -0.05) is 43.3 Å². The molecule has 1 unspecified atom stereocenters. The summed E-state index contributed by atoms with van der Waals surface area (Å²) in [7, 11) is -3.26. The molecule has 3 aromatic carbocycles. The summed E-state index contributed by atoms with van der Waals surface area (Å²) in [6.07, 6.45) is 0. The number of imidazole rings is 1. The quantitative estimate of drug-likeness (QED) is 0.431. The van der Waals surface area contributed by atoms with E-state index in [2.05, 4.69) is 44.0 Å². The van der Waals surface area contributed by atoms with Crippen molar-refractivity contribution in [3.63, 3.8) is 0 Å². The van der Waals surface area contributed by atoms with E-state index in [4.69, 9.17) is 4.98 Å². The molecule has 4 aromatic rings. The smallest absolute Gasteiger partial charge is 0.178 e. The fourth-order valence-corrected chi connectivity index (χ4v) is 5.24. The molecule has 0 aliphatic carbocycles. The molecular weight excluding hydrogens is 420 g/mol. The first-order valence-corrected chi connectivity index (χ1v) is 12.4. The Morgan fingerprint density at radius 1 is 1.00 bits per heavy atom. The molecule has 0 saturated carbocycles. The number of benzene rings is 3. The molecule has 0 aliphatic heterocycles. The zero-order valence-electron chi connectivity index (χ0n) is 18.8. The molecule has 1 heterocycles. The van der Waals surface area contributed by atoms with E-state index in [0.29, 0.717) is 10.7 Å². The predicted octanol–water partition coefficient (Wildman–Crippen LogP) is 5.07. The van der Waals surface area contributed by atoms with Crippen LogP contribution in [0, 0.1) is 20.8 Å². The zero-order valence-corrected chi connectivity index (χ0v) is 19.6. The number of sulfone groups is 1. The fourth-order valence-electron chi connectivity index (χ4n) is 4.36. The van der Waals surface area contributed by atoms with Gasteiger partial charge in [-0.2, -0.15) is 0 Å². The Kier molecular flexibility index (Phi) is 5.93. The lowest BCUT2D eigenvalue weighted by Gasteiger charge is -2.13. The molecular formula is C26H28N2O3S. The highest BCUT2D eigenvalue weighted by Gasteiger charge is 2.21. The number of hydrogen-bond acceptors (Lipinski definition) is 4. The van der Waals surface area contributed by atoms with Crippen molar-refractivity contribution in [1.29, 1.82) is 0 Å². The van der Waals surface area contributed by atoms with Gasteiger partial charge < -0.3 is 10.1 Å². The second-order valence-electron chi connectivity index (χ2n) is 8.23. The van der Waals surface area contributed by atoms with Crippen LogP contribution in [0.5, 0.6) is 0 Å². The summed E-state index contributed by atoms with van der Waals surface area (Å²) in [5.74, 6) is 0.349. The highest BCUT2D eigenvalue weighted by molar-refractivity contribution is 7.91. The number of aromatic amines is 1. The third kappa shape index (κ3) is 3.85. The molecule has 5 nitrogen and oxygen atoms in total. The number of aromatic nitrogens is 2. The molecule has 166 valence electrons. The highest BCUT2D eigenvalue weighted by atomic mass is 32.2. The third-order valence-corrected chi connectivity index (χ3v) is 7.93. The standard InChI is InChI=1S/C26H28N2O3S/c1-5-32(30,31)20-12-10-19(11-13-20)22(15-29)26-27-23-14-17(3)24(18(4)25(23)28-26)21-9-7-6-8-16(21)2/h6-14,22,29H,5,15H2,1-4H3,(H,27,28). The minimum atomic E-state index is -3.26. The number of hydrogen-bond donors (Lipinski definition) is 2. The summed E-state index contributed by atoms with van der Waals surface area (Å²) in [5.41, 5.74) is 8.47. The van der Waals surface area contributed by atoms with Crippen LogP contribution < -0.4 is 0 Å². The molecule has 0 spiro atoms. The van der Waals surface area contributed by atoms with E-state index < -0.39 is 9.84 Å². The van der Waals surface area contributed by atoms with Gasteiger partial charge in [0, 0.05) is 0 Å². The summed E-state index contributed by atoms with van der Waals surface area (Å²) in [6, 6.07) is 17.2. The minimum absolute atomic E-state index is 0.0567. The SMILES string of the molecule is CCS(=O)(=O)c1ccc(C(CO)c2nc3c(C)c(-c4ccccc4C)c(C)cc3[nH]2)cc1. The highest BCUT2D eigenvalue weighted by Crippen LogP contribution is 2.35. The Balaban J connectivity index is 1.79. The monoisotopic (exact) mass is 448 g/mol. The molecule has 0 bridgehead atoms. The predicted molar refractivity (Wildman–Crippen MR) is 129 cm³/mol. The molecule has 2 N–H and O–H groups in total. The largest absolute Gasteiger partial charge is 0.395 e. The lowest BCUT2D eigenvalue weighted by Crippen LogP contribution is -2.09. The van der Waals surface area contributed by atoms with Gasteiger partial charge in [0.1, 0.15) is 5.82 Å². The van der Waals surface area contributed by atoms with Crippen molar-refractivity contribution in [2.75, 3.05) is 12.4 Å². The summed E-state index contributed by atoms with van der Waals surface area (Å²) >= 11 is 0. The van der Waals surface area contributed by atoms with Gasteiger partial charge in [0.15, 0.2) is 9.84 Å². The first-order valence-electron chi connectivity index (χ1n) is 10.8. The van der Waals surface area contributed by atoms with E-state index in [9.17, 15) is 13.5 Å². The molecule has 1 atom stereocenters. The van der Waals surface area contributed by atoms with Gasteiger partial charge in [-0.3, -0.25) is 0 Å². The van der Waals surface area contributed by atoms with E-state index in [1.54, 1.807) is 31.2 Å². The van der Waals surface area contributed by atoms with E-state index in [-0.39, 0.29) is 18.3 Å². The van der Waals surface area contributed by atoms with Crippen LogP contribution in [-0.4, -0.2) is 35.9 Å². The number of fused-ring (bicyclic) bond motifs is 1. The Morgan fingerprint density at radius 3 is 2.31 bits per heavy atom. The van der Waals surface area contributed by atoms with Crippen molar-refractivity contribution >= 4 is 20.9 Å². The summed E-state index contributed by atoms with van der Waals surface area (Å²) in [4.78, 5) is 8.55. The number of aliphatic hydroxyl groups excluding tert-OH is 1. The molecule has 0 aliphatic rings. The maximum Gasteiger partial charge on any atom is 0.178 e. The van der Waals surface area contributed by atoms with Crippen LogP contribution in [-0.2, 0) is 9.84 Å². The Bertz CT molecular complexity index is 1390. The van der Waals surface area contributed by atoms with Crippen molar-refractivity contribution in [2.45, 2.75) is 38.5 Å². The Morgan fingerprint density at radius 2 is 1.69 bits per heavy atom. The van der Waals surface area contributed by atoms with Crippen molar-refractivity contribution in [3.8, 4) is 11.1 Å². The average molecular weight is 449 g/mol. The van der Waals surface area contributed by atoms with Crippen LogP contribution in [0.15, 0.2) is 59.5 Å². The maximum absolute atomic E-state index is 12.1. The van der Waals surface area contributed by atoms with Crippen molar-refractivity contribution < 1.29 is 13.5 Å². The van der Waals surface area contributed by atoms with Gasteiger partial charge in [0.05, 0.1) is 34.2 Å². The van der Waals surface area contributed by atoms with Crippen LogP contribution in [0.3, 0.4) is 0 Å². The van der Waals surface area contributed by atoms with Gasteiger partial charge >= 0.3 is 0 Å². The van der Waals surface area contributed by atoms with Gasteiger partial charge in [-0.05, 0) is 72.4 Å². The van der Waals surface area contributed by atoms with Gasteiger partial charge in [0.2, 0.25) is 0 Å². The Hall–Kier alpha value is -2.96. The van der Waals surface area contributed by atoms with Crippen molar-refractivity contribution in [1.82, 2.24) is 9.97 Å². The van der Waals surface area contributed by atoms with E-state index >= 15 is 0 Å². The number of aryl methyl sites for hydroxylation is 3. The molecule has 1 aromatic heterocycles. The lowest BCUT2D eigenvalue weighted by atomic mass is 9.92. The van der Waals surface area contributed by atoms with Crippen LogP contribution in [0.4, 0.5) is 0 Å². The minimum Gasteiger partial charge on any atom is -0.395 e. The number of aliphatic hydroxyl groups is 1. The second-order valence-corrected chi connectivity index (χ2v) is 10.5. The van der Waals surface area contributed by atoms with Crippen LogP contribution in [0.2, 0.25) is 0 Å². The third-order valence-electron chi connectivity index (χ3n) is 6.18. The van der Waals surface area contributed by atoms with Crippen molar-refractivity contribution in [2.24, 2.45) is 0 Å².